The Morgan fingerprint density at radius 2 is 1.77 bits per heavy atom. The predicted octanol–water partition coefficient (Wildman–Crippen LogP) is 3.88. The normalized spacial score (nSPS) is 14.5. The monoisotopic (exact) mass is 413 g/mol. The Bertz CT molecular complexity index is 891. The zero-order valence-electron chi connectivity index (χ0n) is 18.6. The van der Waals surface area contributed by atoms with Crippen molar-refractivity contribution in [2.45, 2.75) is 53.0 Å². The number of piperazine rings is 1. The van der Waals surface area contributed by atoms with Crippen LogP contribution in [0, 0.1) is 12.7 Å². The smallest absolute Gasteiger partial charge is 0.317 e. The van der Waals surface area contributed by atoms with E-state index in [0.717, 1.165) is 22.9 Å². The van der Waals surface area contributed by atoms with Crippen LogP contribution < -0.4 is 10.2 Å². The van der Waals surface area contributed by atoms with Gasteiger partial charge < -0.3 is 15.1 Å². The maximum atomic E-state index is 14.3. The zero-order valence-corrected chi connectivity index (χ0v) is 18.6. The third-order valence-corrected chi connectivity index (χ3v) is 5.33. The second kappa shape index (κ2) is 9.41. The number of amides is 2. The molecule has 2 amide bonds. The third-order valence-electron chi connectivity index (χ3n) is 5.33. The molecule has 7 heteroatoms. The van der Waals surface area contributed by atoms with Gasteiger partial charge in [0.15, 0.2) is 0 Å². The van der Waals surface area contributed by atoms with Crippen LogP contribution in [0.25, 0.3) is 0 Å². The van der Waals surface area contributed by atoms with Crippen molar-refractivity contribution in [2.75, 3.05) is 31.1 Å². The van der Waals surface area contributed by atoms with E-state index in [0.29, 0.717) is 38.2 Å². The quantitative estimate of drug-likeness (QED) is 0.808. The van der Waals surface area contributed by atoms with E-state index in [1.807, 2.05) is 37.8 Å². The predicted molar refractivity (Wildman–Crippen MR) is 118 cm³/mol. The molecule has 2 heterocycles. The minimum absolute atomic E-state index is 0.0297. The van der Waals surface area contributed by atoms with Gasteiger partial charge in [-0.25, -0.2) is 19.2 Å². The largest absolute Gasteiger partial charge is 0.353 e. The zero-order chi connectivity index (χ0) is 21.8. The summed E-state index contributed by atoms with van der Waals surface area (Å²) < 4.78 is 14.3. The number of benzene rings is 1. The van der Waals surface area contributed by atoms with Gasteiger partial charge in [0, 0.05) is 55.8 Å². The maximum absolute atomic E-state index is 14.3. The van der Waals surface area contributed by atoms with Crippen LogP contribution in [0.3, 0.4) is 0 Å². The number of nitrogens with one attached hydrogen (secondary N) is 1. The average Bonchev–Trinajstić information content (AvgIpc) is 2.70. The van der Waals surface area contributed by atoms with Gasteiger partial charge in [0.1, 0.15) is 17.5 Å². The highest BCUT2D eigenvalue weighted by Gasteiger charge is 2.26. The highest BCUT2D eigenvalue weighted by molar-refractivity contribution is 5.74. The summed E-state index contributed by atoms with van der Waals surface area (Å²) >= 11 is 0. The van der Waals surface area contributed by atoms with Gasteiger partial charge in [-0.05, 0) is 32.4 Å². The van der Waals surface area contributed by atoms with Gasteiger partial charge in [-0.1, -0.05) is 32.0 Å². The molecule has 1 aromatic heterocycles. The summed E-state index contributed by atoms with van der Waals surface area (Å²) in [7, 11) is 0. The van der Waals surface area contributed by atoms with E-state index in [-0.39, 0.29) is 23.8 Å². The Labute approximate surface area is 178 Å². The van der Waals surface area contributed by atoms with E-state index >= 15 is 0 Å². The molecule has 162 valence electrons. The fraction of sp³-hybridized carbons (Fsp3) is 0.522. The summed E-state index contributed by atoms with van der Waals surface area (Å²) in [5, 5.41) is 2.95. The van der Waals surface area contributed by atoms with Crippen LogP contribution in [0.5, 0.6) is 0 Å². The van der Waals surface area contributed by atoms with E-state index in [2.05, 4.69) is 24.1 Å². The third kappa shape index (κ3) is 5.07. The number of hydrogen-bond acceptors (Lipinski definition) is 4. The lowest BCUT2D eigenvalue weighted by Gasteiger charge is -2.37. The first-order valence-electron chi connectivity index (χ1n) is 10.7. The van der Waals surface area contributed by atoms with Gasteiger partial charge in [0.2, 0.25) is 0 Å². The van der Waals surface area contributed by atoms with E-state index in [1.54, 1.807) is 6.07 Å². The molecule has 3 rings (SSSR count). The van der Waals surface area contributed by atoms with E-state index in [9.17, 15) is 9.18 Å². The van der Waals surface area contributed by atoms with Crippen LogP contribution in [-0.4, -0.2) is 53.1 Å². The van der Waals surface area contributed by atoms with Gasteiger partial charge in [-0.15, -0.1) is 0 Å². The Balaban J connectivity index is 1.87. The minimum atomic E-state index is -0.217. The van der Waals surface area contributed by atoms with E-state index in [1.165, 1.54) is 6.07 Å². The van der Waals surface area contributed by atoms with Crippen LogP contribution in [0.15, 0.2) is 24.3 Å². The Kier molecular flexibility index (Phi) is 6.90. The fourth-order valence-corrected chi connectivity index (χ4v) is 3.62. The lowest BCUT2D eigenvalue weighted by Crippen LogP contribution is -2.53. The lowest BCUT2D eigenvalue weighted by atomic mass is 10.0. The number of nitrogens with zero attached hydrogens (tertiary/aromatic N) is 4. The number of hydrogen-bond donors (Lipinski definition) is 1. The van der Waals surface area contributed by atoms with Gasteiger partial charge in [0.05, 0.1) is 0 Å². The van der Waals surface area contributed by atoms with Crippen LogP contribution >= 0.6 is 0 Å². The minimum Gasteiger partial charge on any atom is -0.353 e. The summed E-state index contributed by atoms with van der Waals surface area (Å²) in [6.07, 6.45) is 0.445. The molecule has 0 aliphatic carbocycles. The lowest BCUT2D eigenvalue weighted by molar-refractivity contribution is 0.191. The highest BCUT2D eigenvalue weighted by atomic mass is 19.1. The number of aromatic nitrogens is 2. The van der Waals surface area contributed by atoms with Crippen molar-refractivity contribution < 1.29 is 9.18 Å². The molecule has 2 aromatic rings. The van der Waals surface area contributed by atoms with Gasteiger partial charge >= 0.3 is 6.03 Å². The summed E-state index contributed by atoms with van der Waals surface area (Å²) in [4.78, 5) is 25.9. The first kappa shape index (κ1) is 22.0. The topological polar surface area (TPSA) is 61.4 Å². The van der Waals surface area contributed by atoms with Crippen molar-refractivity contribution in [1.29, 1.82) is 0 Å². The summed E-state index contributed by atoms with van der Waals surface area (Å²) in [6, 6.07) is 6.93. The van der Waals surface area contributed by atoms with Crippen molar-refractivity contribution >= 4 is 11.8 Å². The molecule has 0 unspecified atom stereocenters. The van der Waals surface area contributed by atoms with Crippen molar-refractivity contribution in [3.8, 4) is 0 Å². The second-order valence-corrected chi connectivity index (χ2v) is 8.47. The first-order chi connectivity index (χ1) is 14.3. The molecule has 1 aliphatic heterocycles. The average molecular weight is 414 g/mol. The van der Waals surface area contributed by atoms with Crippen molar-refractivity contribution in [3.05, 3.63) is 52.7 Å². The second-order valence-electron chi connectivity index (χ2n) is 8.47. The highest BCUT2D eigenvalue weighted by Crippen LogP contribution is 2.27. The molecule has 0 bridgehead atoms. The summed E-state index contributed by atoms with van der Waals surface area (Å²) in [5.74, 6) is 1.63. The number of urea groups is 1. The van der Waals surface area contributed by atoms with Crippen molar-refractivity contribution in [1.82, 2.24) is 20.2 Å². The number of halogens is 1. The van der Waals surface area contributed by atoms with Crippen LogP contribution in [-0.2, 0) is 6.42 Å². The van der Waals surface area contributed by atoms with Crippen LogP contribution in [0.4, 0.5) is 15.0 Å². The molecule has 1 aliphatic rings. The molecular formula is C23H32FN5O. The van der Waals surface area contributed by atoms with Crippen LogP contribution in [0.1, 0.15) is 56.3 Å². The van der Waals surface area contributed by atoms with Crippen molar-refractivity contribution in [2.24, 2.45) is 0 Å². The number of anilines is 1. The number of aryl methyl sites for hydroxylation is 1. The van der Waals surface area contributed by atoms with Crippen LogP contribution in [0.2, 0.25) is 0 Å². The Morgan fingerprint density at radius 1 is 1.10 bits per heavy atom. The SMILES string of the molecule is Cc1nc(C(C)C)nc(N2CCN(C(=O)NC(C)C)CC2)c1Cc1ccccc1F. The molecule has 0 atom stereocenters. The molecular weight excluding hydrogens is 381 g/mol. The molecule has 0 spiro atoms. The summed E-state index contributed by atoms with van der Waals surface area (Å²) in [6.45, 7) is 12.6. The molecule has 1 saturated heterocycles. The number of carbonyl (C=O) groups excluding carboxylic acids is 1. The molecule has 0 radical (unpaired) electrons. The standard InChI is InChI=1S/C23H32FN5O/c1-15(2)21-26-17(5)19(14-18-8-6-7-9-20(18)24)22(27-21)28-10-12-29(13-11-28)23(30)25-16(3)4/h6-9,15-16H,10-14H2,1-5H3,(H,25,30). The molecule has 0 saturated carbocycles. The molecule has 1 aromatic carbocycles. The fourth-order valence-electron chi connectivity index (χ4n) is 3.62. The molecule has 1 N–H and O–H groups in total. The van der Waals surface area contributed by atoms with Gasteiger partial charge in [0.25, 0.3) is 0 Å². The Morgan fingerprint density at radius 3 is 2.37 bits per heavy atom. The van der Waals surface area contributed by atoms with Gasteiger partial charge in [-0.2, -0.15) is 0 Å². The molecule has 30 heavy (non-hydrogen) atoms. The summed E-state index contributed by atoms with van der Waals surface area (Å²) in [5.41, 5.74) is 2.47. The molecule has 6 nitrogen and oxygen atoms in total. The Hall–Kier alpha value is -2.70. The number of carbonyl (C=O) groups is 1. The number of rotatable bonds is 5. The van der Waals surface area contributed by atoms with E-state index in [4.69, 9.17) is 9.97 Å². The molecule has 1 fully saturated rings. The van der Waals surface area contributed by atoms with E-state index < -0.39 is 0 Å². The van der Waals surface area contributed by atoms with Crippen molar-refractivity contribution in [3.63, 3.8) is 0 Å². The maximum Gasteiger partial charge on any atom is 0.317 e. The first-order valence-corrected chi connectivity index (χ1v) is 10.7. The van der Waals surface area contributed by atoms with Gasteiger partial charge in [-0.3, -0.25) is 0 Å².